The zero-order valence-corrected chi connectivity index (χ0v) is 10.9. The zero-order chi connectivity index (χ0) is 13.8. The van der Waals surface area contributed by atoms with Crippen LogP contribution in [0.1, 0.15) is 36.0 Å². The maximum absolute atomic E-state index is 12.5. The van der Waals surface area contributed by atoms with Crippen molar-refractivity contribution >= 4 is 5.91 Å². The van der Waals surface area contributed by atoms with Gasteiger partial charge < -0.3 is 20.8 Å². The lowest BCUT2D eigenvalue weighted by atomic mass is 9.90. The number of nitrogens with zero attached hydrogens (tertiary/aromatic N) is 1. The van der Waals surface area contributed by atoms with Gasteiger partial charge in [-0.25, -0.2) is 0 Å². The van der Waals surface area contributed by atoms with Gasteiger partial charge in [0.25, 0.3) is 5.91 Å². The van der Waals surface area contributed by atoms with Gasteiger partial charge in [0.05, 0.1) is 5.56 Å². The van der Waals surface area contributed by atoms with E-state index in [-0.39, 0.29) is 29.0 Å². The molecule has 4 N–H and O–H groups in total. The molecule has 1 fully saturated rings. The second-order valence-corrected chi connectivity index (χ2v) is 4.93. The summed E-state index contributed by atoms with van der Waals surface area (Å²) in [6, 6.07) is 4.25. The molecule has 104 valence electrons. The molecule has 0 atom stereocenters. The van der Waals surface area contributed by atoms with Crippen LogP contribution in [0, 0.1) is 0 Å². The molecule has 0 radical (unpaired) electrons. The summed E-state index contributed by atoms with van der Waals surface area (Å²) in [6.07, 6.45) is 3.86. The Morgan fingerprint density at radius 1 is 1.37 bits per heavy atom. The summed E-state index contributed by atoms with van der Waals surface area (Å²) in [5.74, 6) is -0.347. The van der Waals surface area contributed by atoms with Crippen LogP contribution in [-0.2, 0) is 0 Å². The quantitative estimate of drug-likeness (QED) is 0.702. The Morgan fingerprint density at radius 2 is 2.11 bits per heavy atom. The molecule has 1 aromatic rings. The topological polar surface area (TPSA) is 86.8 Å². The van der Waals surface area contributed by atoms with Gasteiger partial charge in [-0.05, 0) is 50.4 Å². The summed E-state index contributed by atoms with van der Waals surface area (Å²) in [6.45, 7) is 1.12. The van der Waals surface area contributed by atoms with Crippen molar-refractivity contribution < 1.29 is 15.0 Å². The number of carbonyl (C=O) groups is 1. The highest BCUT2D eigenvalue weighted by Crippen LogP contribution is 2.29. The molecule has 0 saturated heterocycles. The lowest BCUT2D eigenvalue weighted by Gasteiger charge is -2.37. The Labute approximate surface area is 112 Å². The van der Waals surface area contributed by atoms with Gasteiger partial charge in [0.1, 0.15) is 11.5 Å². The molecule has 19 heavy (non-hydrogen) atoms. The van der Waals surface area contributed by atoms with Crippen LogP contribution in [0.4, 0.5) is 0 Å². The Bertz CT molecular complexity index is 458. The fourth-order valence-corrected chi connectivity index (χ4v) is 2.26. The van der Waals surface area contributed by atoms with E-state index in [9.17, 15) is 15.0 Å². The van der Waals surface area contributed by atoms with Crippen LogP contribution in [0.2, 0.25) is 0 Å². The van der Waals surface area contributed by atoms with Crippen LogP contribution in [0.3, 0.4) is 0 Å². The van der Waals surface area contributed by atoms with Gasteiger partial charge in [-0.1, -0.05) is 0 Å². The zero-order valence-electron chi connectivity index (χ0n) is 10.9. The van der Waals surface area contributed by atoms with Crippen molar-refractivity contribution in [3.05, 3.63) is 23.8 Å². The van der Waals surface area contributed by atoms with Crippen molar-refractivity contribution in [2.24, 2.45) is 5.73 Å². The fourth-order valence-electron chi connectivity index (χ4n) is 2.26. The first-order valence-electron chi connectivity index (χ1n) is 6.66. The first-order valence-corrected chi connectivity index (χ1v) is 6.66. The third-order valence-electron chi connectivity index (χ3n) is 3.59. The van der Waals surface area contributed by atoms with E-state index in [0.29, 0.717) is 13.1 Å². The molecule has 0 spiro atoms. The summed E-state index contributed by atoms with van der Waals surface area (Å²) in [4.78, 5) is 14.2. The molecule has 5 nitrogen and oxygen atoms in total. The molecule has 1 amide bonds. The van der Waals surface area contributed by atoms with E-state index in [1.165, 1.54) is 18.2 Å². The molecular formula is C14H20N2O3. The molecule has 0 bridgehead atoms. The summed E-state index contributed by atoms with van der Waals surface area (Å²) < 4.78 is 0. The number of benzene rings is 1. The minimum absolute atomic E-state index is 0.0199. The maximum Gasteiger partial charge on any atom is 0.257 e. The molecule has 0 aromatic heterocycles. The number of hydrogen-bond donors (Lipinski definition) is 3. The van der Waals surface area contributed by atoms with Crippen LogP contribution >= 0.6 is 0 Å². The largest absolute Gasteiger partial charge is 0.508 e. The van der Waals surface area contributed by atoms with Crippen LogP contribution in [-0.4, -0.2) is 40.2 Å². The lowest BCUT2D eigenvalue weighted by Crippen LogP contribution is -2.45. The number of hydrogen-bond acceptors (Lipinski definition) is 4. The summed E-state index contributed by atoms with van der Waals surface area (Å²) in [7, 11) is 0. The summed E-state index contributed by atoms with van der Waals surface area (Å²) in [5.41, 5.74) is 5.66. The molecule has 1 aliphatic rings. The van der Waals surface area contributed by atoms with E-state index in [0.717, 1.165) is 25.7 Å². The van der Waals surface area contributed by atoms with Crippen molar-refractivity contribution in [3.63, 3.8) is 0 Å². The predicted molar refractivity (Wildman–Crippen MR) is 72.1 cm³/mol. The number of phenolic OH excluding ortho intramolecular Hbond substituents is 2. The van der Waals surface area contributed by atoms with Gasteiger partial charge in [0, 0.05) is 12.6 Å². The van der Waals surface area contributed by atoms with E-state index in [4.69, 9.17) is 5.73 Å². The van der Waals surface area contributed by atoms with E-state index < -0.39 is 0 Å². The SMILES string of the molecule is NCCCN(C(=O)c1cc(O)ccc1O)C1CCC1. The maximum atomic E-state index is 12.5. The summed E-state index contributed by atoms with van der Waals surface area (Å²) >= 11 is 0. The van der Waals surface area contributed by atoms with E-state index >= 15 is 0 Å². The van der Waals surface area contributed by atoms with Crippen LogP contribution in [0.15, 0.2) is 18.2 Å². The number of rotatable bonds is 5. The van der Waals surface area contributed by atoms with Crippen LogP contribution < -0.4 is 5.73 Å². The molecule has 1 saturated carbocycles. The highest BCUT2D eigenvalue weighted by atomic mass is 16.3. The van der Waals surface area contributed by atoms with Crippen molar-refractivity contribution in [2.45, 2.75) is 31.7 Å². The Morgan fingerprint density at radius 3 is 2.68 bits per heavy atom. The van der Waals surface area contributed by atoms with Crippen molar-refractivity contribution in [3.8, 4) is 11.5 Å². The molecule has 1 aromatic carbocycles. The smallest absolute Gasteiger partial charge is 0.257 e. The van der Waals surface area contributed by atoms with E-state index in [2.05, 4.69) is 0 Å². The average Bonchev–Trinajstić information content (AvgIpc) is 2.34. The van der Waals surface area contributed by atoms with Crippen molar-refractivity contribution in [1.82, 2.24) is 4.90 Å². The van der Waals surface area contributed by atoms with Crippen LogP contribution in [0.25, 0.3) is 0 Å². The predicted octanol–water partition coefficient (Wildman–Crippen LogP) is 1.44. The Balaban J connectivity index is 2.19. The second kappa shape index (κ2) is 5.93. The van der Waals surface area contributed by atoms with Gasteiger partial charge >= 0.3 is 0 Å². The third-order valence-corrected chi connectivity index (χ3v) is 3.59. The minimum Gasteiger partial charge on any atom is -0.508 e. The van der Waals surface area contributed by atoms with Crippen molar-refractivity contribution in [2.75, 3.05) is 13.1 Å². The number of phenols is 2. The van der Waals surface area contributed by atoms with E-state index in [1.807, 2.05) is 0 Å². The third kappa shape index (κ3) is 2.98. The number of amides is 1. The molecular weight excluding hydrogens is 244 g/mol. The Hall–Kier alpha value is -1.75. The highest BCUT2D eigenvalue weighted by Gasteiger charge is 2.30. The molecule has 0 heterocycles. The first kappa shape index (κ1) is 13.7. The minimum atomic E-state index is -0.230. The monoisotopic (exact) mass is 264 g/mol. The molecule has 0 aliphatic heterocycles. The molecule has 0 unspecified atom stereocenters. The fraction of sp³-hybridized carbons (Fsp3) is 0.500. The van der Waals surface area contributed by atoms with Gasteiger partial charge in [0.2, 0.25) is 0 Å². The highest BCUT2D eigenvalue weighted by molar-refractivity contribution is 5.97. The van der Waals surface area contributed by atoms with Crippen LogP contribution in [0.5, 0.6) is 11.5 Å². The summed E-state index contributed by atoms with van der Waals surface area (Å²) in [5, 5.41) is 19.2. The normalized spacial score (nSPS) is 15.0. The standard InChI is InChI=1S/C14H20N2O3/c15-7-2-8-16(10-3-1-4-10)14(19)12-9-11(17)5-6-13(12)18/h5-6,9-10,17-18H,1-4,7-8,15H2. The average molecular weight is 264 g/mol. The van der Waals surface area contributed by atoms with Gasteiger partial charge in [0.15, 0.2) is 0 Å². The molecule has 5 heteroatoms. The second-order valence-electron chi connectivity index (χ2n) is 4.93. The van der Waals surface area contributed by atoms with Crippen molar-refractivity contribution in [1.29, 1.82) is 0 Å². The van der Waals surface area contributed by atoms with Gasteiger partial charge in [-0.3, -0.25) is 4.79 Å². The van der Waals surface area contributed by atoms with Gasteiger partial charge in [-0.15, -0.1) is 0 Å². The van der Waals surface area contributed by atoms with Gasteiger partial charge in [-0.2, -0.15) is 0 Å². The Kier molecular flexibility index (Phi) is 4.27. The molecule has 1 aliphatic carbocycles. The molecule has 2 rings (SSSR count). The van der Waals surface area contributed by atoms with E-state index in [1.54, 1.807) is 4.90 Å². The number of aromatic hydroxyl groups is 2. The first-order chi connectivity index (χ1) is 9.13. The number of nitrogens with two attached hydrogens (primary N) is 1. The lowest BCUT2D eigenvalue weighted by molar-refractivity contribution is 0.0575. The number of carbonyl (C=O) groups excluding carboxylic acids is 1.